The summed E-state index contributed by atoms with van der Waals surface area (Å²) in [6.07, 6.45) is 3.37. The first-order chi connectivity index (χ1) is 8.75. The van der Waals surface area contributed by atoms with Crippen molar-refractivity contribution in [3.8, 4) is 22.4 Å². The number of hydrogen-bond acceptors (Lipinski definition) is 3. The normalized spacial score (nSPS) is 10.7. The monoisotopic (exact) mass is 243 g/mol. The van der Waals surface area contributed by atoms with Crippen LogP contribution in [-0.2, 0) is 0 Å². The molecule has 3 rings (SSSR count). The average Bonchev–Trinajstić information content (AvgIpc) is 2.97. The highest BCUT2D eigenvalue weighted by Gasteiger charge is 2.15. The van der Waals surface area contributed by atoms with Crippen molar-refractivity contribution in [2.24, 2.45) is 0 Å². The molecule has 0 unspecified atom stereocenters. The van der Waals surface area contributed by atoms with Gasteiger partial charge in [0.05, 0.1) is 17.5 Å². The third-order valence-electron chi connectivity index (χ3n) is 2.69. The second kappa shape index (κ2) is 3.99. The number of halogens is 1. The molecule has 0 radical (unpaired) electrons. The summed E-state index contributed by atoms with van der Waals surface area (Å²) >= 11 is 0. The molecule has 5 nitrogen and oxygen atoms in total. The van der Waals surface area contributed by atoms with Gasteiger partial charge in [-0.2, -0.15) is 10.2 Å². The van der Waals surface area contributed by atoms with Gasteiger partial charge in [0.25, 0.3) is 0 Å². The van der Waals surface area contributed by atoms with Crippen molar-refractivity contribution < 1.29 is 4.39 Å². The van der Waals surface area contributed by atoms with Crippen molar-refractivity contribution in [2.45, 2.75) is 0 Å². The van der Waals surface area contributed by atoms with Gasteiger partial charge >= 0.3 is 0 Å². The van der Waals surface area contributed by atoms with E-state index in [1.807, 2.05) is 0 Å². The second-order valence-corrected chi connectivity index (χ2v) is 3.86. The summed E-state index contributed by atoms with van der Waals surface area (Å²) in [6, 6.07) is 6.23. The Morgan fingerprint density at radius 1 is 1.22 bits per heavy atom. The molecule has 0 fully saturated rings. The van der Waals surface area contributed by atoms with Crippen molar-refractivity contribution in [1.82, 2.24) is 20.4 Å². The van der Waals surface area contributed by atoms with Crippen LogP contribution in [0.4, 0.5) is 10.2 Å². The third kappa shape index (κ3) is 1.64. The van der Waals surface area contributed by atoms with Crippen LogP contribution >= 0.6 is 0 Å². The Labute approximate surface area is 102 Å². The van der Waals surface area contributed by atoms with E-state index in [-0.39, 0.29) is 5.82 Å². The first kappa shape index (κ1) is 10.5. The van der Waals surface area contributed by atoms with E-state index in [9.17, 15) is 4.39 Å². The quantitative estimate of drug-likeness (QED) is 0.645. The molecule has 6 heteroatoms. The van der Waals surface area contributed by atoms with E-state index in [1.54, 1.807) is 24.5 Å². The van der Waals surface area contributed by atoms with Gasteiger partial charge in [-0.05, 0) is 17.7 Å². The molecular formula is C12H10FN5. The fraction of sp³-hybridized carbons (Fsp3) is 0. The molecule has 18 heavy (non-hydrogen) atoms. The maximum Gasteiger partial charge on any atom is 0.153 e. The zero-order valence-electron chi connectivity index (χ0n) is 9.31. The van der Waals surface area contributed by atoms with Crippen molar-refractivity contribution in [3.05, 3.63) is 42.5 Å². The third-order valence-corrected chi connectivity index (χ3v) is 2.69. The lowest BCUT2D eigenvalue weighted by Crippen LogP contribution is -1.89. The number of hydrogen-bond donors (Lipinski definition) is 3. The van der Waals surface area contributed by atoms with Crippen LogP contribution < -0.4 is 5.73 Å². The van der Waals surface area contributed by atoms with Crippen LogP contribution in [0.25, 0.3) is 22.4 Å². The number of rotatable bonds is 2. The van der Waals surface area contributed by atoms with Gasteiger partial charge in [-0.25, -0.2) is 4.39 Å². The first-order valence-corrected chi connectivity index (χ1v) is 5.34. The topological polar surface area (TPSA) is 83.4 Å². The molecule has 0 aliphatic carbocycles. The van der Waals surface area contributed by atoms with Gasteiger partial charge in [-0.15, -0.1) is 0 Å². The van der Waals surface area contributed by atoms with Crippen LogP contribution in [0.5, 0.6) is 0 Å². The van der Waals surface area contributed by atoms with Crippen molar-refractivity contribution in [2.75, 3.05) is 5.73 Å². The van der Waals surface area contributed by atoms with E-state index in [0.29, 0.717) is 22.6 Å². The number of aromatic nitrogens is 4. The van der Waals surface area contributed by atoms with Crippen LogP contribution in [0.3, 0.4) is 0 Å². The van der Waals surface area contributed by atoms with E-state index in [2.05, 4.69) is 20.4 Å². The Balaban J connectivity index is 2.20. The van der Waals surface area contributed by atoms with Gasteiger partial charge in [0.1, 0.15) is 5.82 Å². The Kier molecular flexibility index (Phi) is 2.33. The minimum absolute atomic E-state index is 0.314. The van der Waals surface area contributed by atoms with Gasteiger partial charge in [-0.1, -0.05) is 12.1 Å². The first-order valence-electron chi connectivity index (χ1n) is 5.34. The number of anilines is 1. The molecule has 0 atom stereocenters. The number of H-pyrrole nitrogens is 2. The van der Waals surface area contributed by atoms with Gasteiger partial charge in [0, 0.05) is 11.8 Å². The molecule has 2 heterocycles. The summed E-state index contributed by atoms with van der Waals surface area (Å²) in [4.78, 5) is 0. The van der Waals surface area contributed by atoms with Crippen LogP contribution in [0.2, 0.25) is 0 Å². The van der Waals surface area contributed by atoms with Gasteiger partial charge in [0.15, 0.2) is 5.82 Å². The minimum Gasteiger partial charge on any atom is -0.382 e. The fourth-order valence-electron chi connectivity index (χ4n) is 1.89. The predicted octanol–water partition coefficient (Wildman–Crippen LogP) is 2.19. The Hall–Kier alpha value is -2.63. The number of nitrogen functional groups attached to an aromatic ring is 1. The summed E-state index contributed by atoms with van der Waals surface area (Å²) in [7, 11) is 0. The second-order valence-electron chi connectivity index (χ2n) is 3.86. The number of nitrogens with one attached hydrogen (secondary N) is 2. The van der Waals surface area contributed by atoms with Crippen LogP contribution in [0.15, 0.2) is 36.7 Å². The van der Waals surface area contributed by atoms with Crippen LogP contribution in [0.1, 0.15) is 0 Å². The molecule has 0 amide bonds. The lowest BCUT2D eigenvalue weighted by atomic mass is 10.0. The Bertz CT molecular complexity index is 672. The Morgan fingerprint density at radius 3 is 2.83 bits per heavy atom. The number of nitrogens with two attached hydrogens (primary N) is 1. The van der Waals surface area contributed by atoms with E-state index >= 15 is 0 Å². The minimum atomic E-state index is -0.314. The summed E-state index contributed by atoms with van der Waals surface area (Å²) in [5.74, 6) is 0.0167. The van der Waals surface area contributed by atoms with E-state index in [0.717, 1.165) is 5.56 Å². The molecule has 0 saturated heterocycles. The fourth-order valence-corrected chi connectivity index (χ4v) is 1.89. The summed E-state index contributed by atoms with van der Waals surface area (Å²) in [6.45, 7) is 0. The van der Waals surface area contributed by atoms with Gasteiger partial charge < -0.3 is 5.73 Å². The molecule has 0 spiro atoms. The SMILES string of the molecule is Nc1n[nH]c(-c2cn[nH]c2)c1-c1cccc(F)c1. The Morgan fingerprint density at radius 2 is 2.11 bits per heavy atom. The van der Waals surface area contributed by atoms with Crippen molar-refractivity contribution in [1.29, 1.82) is 0 Å². The molecule has 0 saturated carbocycles. The zero-order chi connectivity index (χ0) is 12.5. The van der Waals surface area contributed by atoms with E-state index in [4.69, 9.17) is 5.73 Å². The number of benzene rings is 1. The summed E-state index contributed by atoms with van der Waals surface area (Å²) in [5.41, 5.74) is 8.72. The maximum absolute atomic E-state index is 13.3. The molecule has 0 bridgehead atoms. The molecule has 90 valence electrons. The molecule has 4 N–H and O–H groups in total. The van der Waals surface area contributed by atoms with Crippen molar-refractivity contribution >= 4 is 5.82 Å². The largest absolute Gasteiger partial charge is 0.382 e. The molecular weight excluding hydrogens is 233 g/mol. The van der Waals surface area contributed by atoms with E-state index in [1.165, 1.54) is 12.1 Å². The van der Waals surface area contributed by atoms with Crippen LogP contribution in [0, 0.1) is 5.82 Å². The van der Waals surface area contributed by atoms with Crippen LogP contribution in [-0.4, -0.2) is 20.4 Å². The average molecular weight is 243 g/mol. The maximum atomic E-state index is 13.3. The number of aromatic amines is 2. The number of nitrogens with zero attached hydrogens (tertiary/aromatic N) is 2. The van der Waals surface area contributed by atoms with Crippen molar-refractivity contribution in [3.63, 3.8) is 0 Å². The highest BCUT2D eigenvalue weighted by atomic mass is 19.1. The molecule has 1 aromatic carbocycles. The zero-order valence-corrected chi connectivity index (χ0v) is 9.31. The molecule has 3 aromatic rings. The smallest absolute Gasteiger partial charge is 0.153 e. The highest BCUT2D eigenvalue weighted by Crippen LogP contribution is 2.34. The summed E-state index contributed by atoms with van der Waals surface area (Å²) < 4.78 is 13.3. The van der Waals surface area contributed by atoms with Gasteiger partial charge in [0.2, 0.25) is 0 Å². The van der Waals surface area contributed by atoms with E-state index < -0.39 is 0 Å². The predicted molar refractivity (Wildman–Crippen MR) is 66.0 cm³/mol. The summed E-state index contributed by atoms with van der Waals surface area (Å²) in [5, 5.41) is 13.4. The lowest BCUT2D eigenvalue weighted by molar-refractivity contribution is 0.628. The molecule has 0 aliphatic heterocycles. The standard InChI is InChI=1S/C12H10FN5/c13-9-3-1-2-7(4-9)10-11(17-18-12(10)14)8-5-15-16-6-8/h1-6H,(H,15,16)(H3,14,17,18). The molecule has 0 aliphatic rings. The van der Waals surface area contributed by atoms with Gasteiger partial charge in [-0.3, -0.25) is 10.2 Å². The molecule has 2 aromatic heterocycles. The highest BCUT2D eigenvalue weighted by molar-refractivity contribution is 5.87. The lowest BCUT2D eigenvalue weighted by Gasteiger charge is -2.02.